The Labute approximate surface area is 72.7 Å². The number of rotatable bonds is 1. The maximum absolute atomic E-state index is 11.4. The highest BCUT2D eigenvalue weighted by atomic mass is 16.2. The summed E-state index contributed by atoms with van der Waals surface area (Å²) in [6.07, 6.45) is 5.34. The zero-order valence-electron chi connectivity index (χ0n) is 7.31. The molecule has 1 unspecified atom stereocenters. The van der Waals surface area contributed by atoms with Gasteiger partial charge in [0.1, 0.15) is 0 Å². The van der Waals surface area contributed by atoms with Gasteiger partial charge in [0.05, 0.1) is 5.92 Å². The topological polar surface area (TPSA) is 55.1 Å². The van der Waals surface area contributed by atoms with E-state index in [4.69, 9.17) is 5.73 Å². The first-order chi connectivity index (χ1) is 5.72. The van der Waals surface area contributed by atoms with Crippen LogP contribution < -0.4 is 11.1 Å². The van der Waals surface area contributed by atoms with Crippen molar-refractivity contribution >= 4 is 5.91 Å². The highest BCUT2D eigenvalue weighted by molar-refractivity contribution is 5.80. The van der Waals surface area contributed by atoms with Crippen molar-refractivity contribution in [2.75, 3.05) is 6.54 Å². The largest absolute Gasteiger partial charge is 0.356 e. The van der Waals surface area contributed by atoms with Gasteiger partial charge in [-0.05, 0) is 32.1 Å². The van der Waals surface area contributed by atoms with Crippen molar-refractivity contribution in [2.24, 2.45) is 11.7 Å². The number of carbonyl (C=O) groups is 1. The van der Waals surface area contributed by atoms with Gasteiger partial charge in [-0.1, -0.05) is 0 Å². The second-order valence-electron chi connectivity index (χ2n) is 4.07. The summed E-state index contributed by atoms with van der Waals surface area (Å²) in [5.41, 5.74) is 5.96. The van der Waals surface area contributed by atoms with Crippen molar-refractivity contribution in [1.29, 1.82) is 0 Å². The molecule has 1 aliphatic heterocycles. The number of hydrogen-bond acceptors (Lipinski definition) is 2. The molecule has 1 saturated carbocycles. The minimum Gasteiger partial charge on any atom is -0.356 e. The van der Waals surface area contributed by atoms with E-state index in [2.05, 4.69) is 5.32 Å². The summed E-state index contributed by atoms with van der Waals surface area (Å²) in [6.45, 7) is 0.839. The van der Waals surface area contributed by atoms with Crippen molar-refractivity contribution in [2.45, 2.75) is 37.6 Å². The highest BCUT2D eigenvalue weighted by Crippen LogP contribution is 2.38. The lowest BCUT2D eigenvalue weighted by atomic mass is 9.66. The van der Waals surface area contributed by atoms with Gasteiger partial charge in [-0.2, -0.15) is 0 Å². The van der Waals surface area contributed by atoms with E-state index in [1.54, 1.807) is 0 Å². The first-order valence-corrected chi connectivity index (χ1v) is 4.79. The molecule has 0 aromatic carbocycles. The third-order valence-corrected chi connectivity index (χ3v) is 3.26. The van der Waals surface area contributed by atoms with Crippen LogP contribution in [0.15, 0.2) is 0 Å². The first kappa shape index (κ1) is 8.05. The molecule has 0 bridgehead atoms. The Morgan fingerprint density at radius 2 is 2.17 bits per heavy atom. The Morgan fingerprint density at radius 1 is 1.42 bits per heavy atom. The normalized spacial score (nSPS) is 33.8. The van der Waals surface area contributed by atoms with E-state index >= 15 is 0 Å². The van der Waals surface area contributed by atoms with E-state index < -0.39 is 0 Å². The van der Waals surface area contributed by atoms with Crippen LogP contribution in [0.25, 0.3) is 0 Å². The number of piperidine rings is 1. The van der Waals surface area contributed by atoms with Crippen LogP contribution in [-0.4, -0.2) is 18.0 Å². The summed E-state index contributed by atoms with van der Waals surface area (Å²) < 4.78 is 0. The van der Waals surface area contributed by atoms with Gasteiger partial charge in [0.25, 0.3) is 0 Å². The SMILES string of the molecule is NC1(C2CCCNC2=O)CCC1. The predicted octanol–water partition coefficient (Wildman–Crippen LogP) is 0.394. The molecule has 0 aromatic heterocycles. The van der Waals surface area contributed by atoms with Gasteiger partial charge < -0.3 is 11.1 Å². The molecule has 3 nitrogen and oxygen atoms in total. The van der Waals surface area contributed by atoms with Crippen molar-refractivity contribution in [3.63, 3.8) is 0 Å². The molecule has 1 atom stereocenters. The summed E-state index contributed by atoms with van der Waals surface area (Å²) in [5, 5.41) is 2.89. The van der Waals surface area contributed by atoms with Gasteiger partial charge in [0.15, 0.2) is 0 Å². The van der Waals surface area contributed by atoms with Gasteiger partial charge >= 0.3 is 0 Å². The zero-order valence-corrected chi connectivity index (χ0v) is 7.31. The average Bonchev–Trinajstić information content (AvgIpc) is 2.01. The minimum absolute atomic E-state index is 0.0972. The molecule has 2 fully saturated rings. The van der Waals surface area contributed by atoms with Crippen molar-refractivity contribution in [1.82, 2.24) is 5.32 Å². The molecule has 0 aromatic rings. The third-order valence-electron chi connectivity index (χ3n) is 3.26. The maximum atomic E-state index is 11.4. The van der Waals surface area contributed by atoms with Crippen molar-refractivity contribution in [3.05, 3.63) is 0 Å². The van der Waals surface area contributed by atoms with E-state index in [1.807, 2.05) is 0 Å². The van der Waals surface area contributed by atoms with Gasteiger partial charge in [0.2, 0.25) is 5.91 Å². The minimum atomic E-state index is -0.148. The smallest absolute Gasteiger partial charge is 0.224 e. The van der Waals surface area contributed by atoms with E-state index in [1.165, 1.54) is 6.42 Å². The predicted molar refractivity (Wildman–Crippen MR) is 46.5 cm³/mol. The number of nitrogens with two attached hydrogens (primary N) is 1. The second-order valence-corrected chi connectivity index (χ2v) is 4.07. The fourth-order valence-corrected chi connectivity index (χ4v) is 2.25. The molecule has 0 radical (unpaired) electrons. The van der Waals surface area contributed by atoms with E-state index in [0.717, 1.165) is 32.2 Å². The zero-order chi connectivity index (χ0) is 8.60. The lowest BCUT2D eigenvalue weighted by molar-refractivity contribution is -0.130. The van der Waals surface area contributed by atoms with Crippen molar-refractivity contribution < 1.29 is 4.79 Å². The van der Waals surface area contributed by atoms with Crippen molar-refractivity contribution in [3.8, 4) is 0 Å². The summed E-state index contributed by atoms with van der Waals surface area (Å²) in [5.74, 6) is 0.281. The first-order valence-electron chi connectivity index (χ1n) is 4.79. The summed E-state index contributed by atoms with van der Waals surface area (Å²) in [4.78, 5) is 11.4. The standard InChI is InChI=1S/C9H16N2O/c10-9(4-2-5-9)7-3-1-6-11-8(7)12/h7H,1-6,10H2,(H,11,12). The van der Waals surface area contributed by atoms with Crippen LogP contribution in [0.1, 0.15) is 32.1 Å². The number of carbonyl (C=O) groups excluding carboxylic acids is 1. The van der Waals surface area contributed by atoms with Crippen LogP contribution in [0.3, 0.4) is 0 Å². The lowest BCUT2D eigenvalue weighted by Gasteiger charge is -2.45. The summed E-state index contributed by atoms with van der Waals surface area (Å²) >= 11 is 0. The van der Waals surface area contributed by atoms with Crippen LogP contribution in [-0.2, 0) is 4.79 Å². The molecule has 1 aliphatic carbocycles. The number of nitrogens with one attached hydrogen (secondary N) is 1. The van der Waals surface area contributed by atoms with E-state index in [9.17, 15) is 4.79 Å². The quantitative estimate of drug-likeness (QED) is 0.595. The fraction of sp³-hybridized carbons (Fsp3) is 0.889. The Hall–Kier alpha value is -0.570. The van der Waals surface area contributed by atoms with Crippen LogP contribution in [0.4, 0.5) is 0 Å². The molecule has 2 rings (SSSR count). The molecule has 3 N–H and O–H groups in total. The second kappa shape index (κ2) is 2.73. The van der Waals surface area contributed by atoms with Crippen LogP contribution in [0.2, 0.25) is 0 Å². The molecule has 2 aliphatic rings. The third kappa shape index (κ3) is 1.12. The molecule has 68 valence electrons. The molecule has 1 amide bonds. The maximum Gasteiger partial charge on any atom is 0.224 e. The van der Waals surface area contributed by atoms with Crippen LogP contribution in [0.5, 0.6) is 0 Å². The molecular weight excluding hydrogens is 152 g/mol. The van der Waals surface area contributed by atoms with Gasteiger partial charge in [-0.15, -0.1) is 0 Å². The van der Waals surface area contributed by atoms with Crippen LogP contribution >= 0.6 is 0 Å². The Morgan fingerprint density at radius 3 is 2.67 bits per heavy atom. The molecule has 1 heterocycles. The van der Waals surface area contributed by atoms with Gasteiger partial charge in [-0.3, -0.25) is 4.79 Å². The molecule has 12 heavy (non-hydrogen) atoms. The molecular formula is C9H16N2O. The Kier molecular flexibility index (Phi) is 1.83. The van der Waals surface area contributed by atoms with Gasteiger partial charge in [-0.25, -0.2) is 0 Å². The average molecular weight is 168 g/mol. The fourth-order valence-electron chi connectivity index (χ4n) is 2.25. The molecule has 3 heteroatoms. The summed E-state index contributed by atoms with van der Waals surface area (Å²) in [6, 6.07) is 0. The highest BCUT2D eigenvalue weighted by Gasteiger charge is 2.44. The summed E-state index contributed by atoms with van der Waals surface area (Å²) in [7, 11) is 0. The van der Waals surface area contributed by atoms with Gasteiger partial charge in [0, 0.05) is 12.1 Å². The monoisotopic (exact) mass is 168 g/mol. The number of hydrogen-bond donors (Lipinski definition) is 2. The lowest BCUT2D eigenvalue weighted by Crippen LogP contribution is -2.59. The van der Waals surface area contributed by atoms with Crippen LogP contribution in [0, 0.1) is 5.92 Å². The Balaban J connectivity index is 2.05. The molecule has 0 spiro atoms. The number of amides is 1. The van der Waals surface area contributed by atoms with E-state index in [0.29, 0.717) is 0 Å². The molecule has 1 saturated heterocycles. The van der Waals surface area contributed by atoms with E-state index in [-0.39, 0.29) is 17.4 Å². The Bertz CT molecular complexity index is 199.